The highest BCUT2D eigenvalue weighted by Crippen LogP contribution is 2.43. The standard InChI is InChI=1S/C55H61N9O12S/c1-6-35-37-23-32(9-14-42(37)58-46-39(35)27-63-43(46)25-41-40(52(63)69)28-75-53(70)55(41,72)7-2)47(76-54(56)71)30-15-19-61(20-16-30)51(68)31-17-21-62(22-18-31)77(73,74)34-12-10-33(11-13-34)64-48(59-60-49(64)50(67)57-8-3)38-24-36(29(4)5)44(65)26-45(38)66/h9-14,23-26,29-31,47,65-66,72H,6-8,15-22,27-28H2,1-5H3,(H2,56,71)(H,57,67). The molecule has 0 spiro atoms. The largest absolute Gasteiger partial charge is 0.508 e. The van der Waals surface area contributed by atoms with Crippen molar-refractivity contribution in [1.29, 1.82) is 0 Å². The van der Waals surface area contributed by atoms with E-state index in [1.165, 1.54) is 39.2 Å². The van der Waals surface area contributed by atoms with E-state index >= 15 is 0 Å². The third kappa shape index (κ3) is 9.14. The third-order valence-electron chi connectivity index (χ3n) is 15.8. The number of amides is 3. The Bertz CT molecular complexity index is 3560. The molecule has 2 saturated heterocycles. The second kappa shape index (κ2) is 20.4. The Kier molecular flexibility index (Phi) is 13.9. The number of cyclic esters (lactones) is 1. The first kappa shape index (κ1) is 52.7. The van der Waals surface area contributed by atoms with Gasteiger partial charge in [-0.15, -0.1) is 10.2 Å². The number of carbonyl (C=O) groups is 4. The molecule has 3 aromatic heterocycles. The van der Waals surface area contributed by atoms with Crippen LogP contribution in [0.15, 0.2) is 70.4 Å². The predicted molar refractivity (Wildman–Crippen MR) is 280 cm³/mol. The summed E-state index contributed by atoms with van der Waals surface area (Å²) < 4.78 is 43.6. The van der Waals surface area contributed by atoms with E-state index in [-0.39, 0.29) is 101 Å². The molecule has 4 aliphatic heterocycles. The number of rotatable bonds is 13. The lowest BCUT2D eigenvalue weighted by molar-refractivity contribution is -0.172. The number of hydrogen-bond donors (Lipinski definition) is 5. The van der Waals surface area contributed by atoms with Gasteiger partial charge in [-0.2, -0.15) is 4.31 Å². The Balaban J connectivity index is 0.813. The van der Waals surface area contributed by atoms with E-state index in [0.717, 1.165) is 16.5 Å². The van der Waals surface area contributed by atoms with Gasteiger partial charge >= 0.3 is 12.1 Å². The molecule has 2 atom stereocenters. The fraction of sp³-hybridized carbons (Fsp3) is 0.418. The number of phenols is 2. The summed E-state index contributed by atoms with van der Waals surface area (Å²) in [5.41, 5.74) is 9.17. The first-order valence-electron chi connectivity index (χ1n) is 26.1. The molecule has 0 saturated carbocycles. The maximum Gasteiger partial charge on any atom is 0.405 e. The Labute approximate surface area is 443 Å². The molecule has 10 rings (SSSR count). The zero-order valence-corrected chi connectivity index (χ0v) is 44.2. The van der Waals surface area contributed by atoms with E-state index in [9.17, 15) is 47.7 Å². The number of piperidine rings is 2. The van der Waals surface area contributed by atoms with Crippen LogP contribution in [0, 0.1) is 11.8 Å². The van der Waals surface area contributed by atoms with E-state index in [2.05, 4.69) is 15.5 Å². The quantitative estimate of drug-likeness (QED) is 0.0872. The van der Waals surface area contributed by atoms with Crippen LogP contribution >= 0.6 is 0 Å². The molecule has 22 heteroatoms. The van der Waals surface area contributed by atoms with E-state index < -0.39 is 45.6 Å². The van der Waals surface area contributed by atoms with Gasteiger partial charge in [0.2, 0.25) is 21.8 Å². The molecule has 77 heavy (non-hydrogen) atoms. The molecular weight excluding hydrogens is 1010 g/mol. The van der Waals surface area contributed by atoms with Crippen molar-refractivity contribution in [3.05, 3.63) is 110 Å². The smallest absolute Gasteiger partial charge is 0.405 e. The molecule has 2 unspecified atom stereocenters. The minimum Gasteiger partial charge on any atom is -0.508 e. The average Bonchev–Trinajstić information content (AvgIpc) is 4.16. The highest BCUT2D eigenvalue weighted by molar-refractivity contribution is 7.89. The molecule has 4 aliphatic rings. The lowest BCUT2D eigenvalue weighted by Crippen LogP contribution is -2.47. The molecule has 3 amide bonds. The third-order valence-corrected chi connectivity index (χ3v) is 17.7. The van der Waals surface area contributed by atoms with Crippen molar-refractivity contribution >= 4 is 44.8 Å². The van der Waals surface area contributed by atoms with E-state index in [1.807, 2.05) is 39.0 Å². The minimum absolute atomic E-state index is 0.00423. The van der Waals surface area contributed by atoms with E-state index in [1.54, 1.807) is 35.4 Å². The first-order chi connectivity index (χ1) is 36.8. The van der Waals surface area contributed by atoms with Gasteiger partial charge < -0.3 is 45.3 Å². The van der Waals surface area contributed by atoms with Gasteiger partial charge in [0.1, 0.15) is 24.2 Å². The van der Waals surface area contributed by atoms with E-state index in [4.69, 9.17) is 20.2 Å². The number of carbonyl (C=O) groups excluding carboxylic acids is 4. The van der Waals surface area contributed by atoms with Crippen molar-refractivity contribution in [2.75, 3.05) is 32.7 Å². The summed E-state index contributed by atoms with van der Waals surface area (Å²) in [6.07, 6.45) is 0.556. The van der Waals surface area contributed by atoms with Gasteiger partial charge in [-0.25, -0.2) is 23.0 Å². The van der Waals surface area contributed by atoms with Gasteiger partial charge in [0.05, 0.1) is 39.5 Å². The van der Waals surface area contributed by atoms with Crippen LogP contribution in [0.4, 0.5) is 4.79 Å². The molecular formula is C55H61N9O12S. The molecule has 0 radical (unpaired) electrons. The topological polar surface area (TPSA) is 292 Å². The number of aromatic nitrogens is 5. The highest BCUT2D eigenvalue weighted by Gasteiger charge is 2.46. The van der Waals surface area contributed by atoms with Crippen LogP contribution in [-0.2, 0) is 54.3 Å². The zero-order valence-electron chi connectivity index (χ0n) is 43.4. The lowest BCUT2D eigenvalue weighted by Gasteiger charge is -2.38. The number of nitrogens with two attached hydrogens (primary N) is 1. The second-order valence-electron chi connectivity index (χ2n) is 20.5. The number of nitrogens with zero attached hydrogens (tertiary/aromatic N) is 7. The normalized spacial score (nSPS) is 18.4. The number of aromatic hydroxyl groups is 2. The van der Waals surface area contributed by atoms with Crippen LogP contribution in [0.3, 0.4) is 0 Å². The number of sulfonamides is 1. The molecule has 21 nitrogen and oxygen atoms in total. The minimum atomic E-state index is -4.02. The molecule has 6 aromatic rings. The monoisotopic (exact) mass is 1070 g/mol. The number of likely N-dealkylation sites (tertiary alicyclic amines) is 1. The average molecular weight is 1070 g/mol. The Morgan fingerprint density at radius 2 is 1.62 bits per heavy atom. The van der Waals surface area contributed by atoms with Crippen molar-refractivity contribution in [2.45, 2.75) is 109 Å². The fourth-order valence-electron chi connectivity index (χ4n) is 11.6. The summed E-state index contributed by atoms with van der Waals surface area (Å²) in [6, 6.07) is 16.0. The first-order valence-corrected chi connectivity index (χ1v) is 27.5. The summed E-state index contributed by atoms with van der Waals surface area (Å²) in [6.45, 7) is 10.5. The van der Waals surface area contributed by atoms with Gasteiger partial charge in [-0.1, -0.05) is 33.8 Å². The Hall–Kier alpha value is -7.69. The highest BCUT2D eigenvalue weighted by atomic mass is 32.2. The number of nitrogens with one attached hydrogen (secondary N) is 1. The molecule has 6 N–H and O–H groups in total. The maximum atomic E-state index is 14.1. The fourth-order valence-corrected chi connectivity index (χ4v) is 13.1. The van der Waals surface area contributed by atoms with Crippen molar-refractivity contribution in [3.8, 4) is 40.0 Å². The summed E-state index contributed by atoms with van der Waals surface area (Å²) in [5.74, 6) is -2.50. The van der Waals surface area contributed by atoms with Gasteiger partial charge in [0.15, 0.2) is 11.4 Å². The molecule has 2 fully saturated rings. The number of phenolic OH excluding ortho intramolecular Hbond substituents is 2. The number of ether oxygens (including phenoxy) is 2. The Morgan fingerprint density at radius 3 is 2.27 bits per heavy atom. The van der Waals surface area contributed by atoms with Crippen LogP contribution in [0.5, 0.6) is 11.5 Å². The summed E-state index contributed by atoms with van der Waals surface area (Å²) in [4.78, 5) is 73.2. The van der Waals surface area contributed by atoms with Crippen LogP contribution in [0.1, 0.15) is 123 Å². The van der Waals surface area contributed by atoms with E-state index in [0.29, 0.717) is 85.5 Å². The van der Waals surface area contributed by atoms with Crippen LogP contribution < -0.4 is 16.6 Å². The van der Waals surface area contributed by atoms with Gasteiger partial charge in [0, 0.05) is 72.8 Å². The number of benzene rings is 3. The molecule has 0 bridgehead atoms. The summed E-state index contributed by atoms with van der Waals surface area (Å²) >= 11 is 0. The molecule has 3 aromatic carbocycles. The van der Waals surface area contributed by atoms with Gasteiger partial charge in [-0.05, 0) is 117 Å². The number of aryl methyl sites for hydroxylation is 1. The molecule has 7 heterocycles. The maximum absolute atomic E-state index is 14.1. The lowest BCUT2D eigenvalue weighted by atomic mass is 9.85. The second-order valence-corrected chi connectivity index (χ2v) is 22.4. The number of primary amides is 1. The van der Waals surface area contributed by atoms with Crippen LogP contribution in [-0.4, -0.2) is 114 Å². The SMILES string of the molecule is CCNC(=O)c1nnc(-c2cc(C(C)C)c(O)cc2O)n1-c1ccc(S(=O)(=O)N2CCC(C(=O)N3CCC(C(OC(N)=O)c4ccc5nc6c(c(CC)c5c4)Cn4c-6cc5c(c4=O)COC(=O)C5(O)CC)CC3)CC2)cc1. The van der Waals surface area contributed by atoms with Gasteiger partial charge in [0.25, 0.3) is 11.5 Å². The zero-order chi connectivity index (χ0) is 54.8. The summed E-state index contributed by atoms with van der Waals surface area (Å²) in [5, 5.41) is 44.7. The van der Waals surface area contributed by atoms with Crippen molar-refractivity contribution in [2.24, 2.45) is 17.6 Å². The van der Waals surface area contributed by atoms with Crippen LogP contribution in [0.25, 0.3) is 39.4 Å². The number of hydrogen-bond acceptors (Lipinski definition) is 15. The number of esters is 1. The number of fused-ring (bicyclic) bond motifs is 5. The van der Waals surface area contributed by atoms with Gasteiger partial charge in [-0.3, -0.25) is 19.0 Å². The Morgan fingerprint density at radius 1 is 0.909 bits per heavy atom. The van der Waals surface area contributed by atoms with Crippen LogP contribution in [0.2, 0.25) is 0 Å². The predicted octanol–water partition coefficient (Wildman–Crippen LogP) is 5.65. The number of pyridine rings is 2. The number of aliphatic hydroxyl groups is 1. The van der Waals surface area contributed by atoms with Crippen molar-refractivity contribution < 1.29 is 52.4 Å². The summed E-state index contributed by atoms with van der Waals surface area (Å²) in [7, 11) is -4.02. The molecule has 404 valence electrons. The molecule has 0 aliphatic carbocycles. The van der Waals surface area contributed by atoms with Crippen molar-refractivity contribution in [3.63, 3.8) is 0 Å². The van der Waals surface area contributed by atoms with Crippen molar-refractivity contribution in [1.82, 2.24) is 38.8 Å².